The monoisotopic (exact) mass is 263 g/mol. The number of carboxylic acid groups (broad SMARTS) is 1. The Balaban J connectivity index is 2.09. The molecule has 1 heterocycles. The molecule has 19 heavy (non-hydrogen) atoms. The third-order valence-corrected chi connectivity index (χ3v) is 4.07. The second kappa shape index (κ2) is 5.61. The lowest BCUT2D eigenvalue weighted by Gasteiger charge is -2.25. The molecular formula is C15H21NO3. The van der Waals surface area contributed by atoms with Gasteiger partial charge in [-0.2, -0.15) is 0 Å². The van der Waals surface area contributed by atoms with E-state index in [1.807, 2.05) is 12.1 Å². The molecule has 1 aromatic carbocycles. The number of ether oxygens (including phenoxy) is 1. The highest BCUT2D eigenvalue weighted by Crippen LogP contribution is 2.33. The van der Waals surface area contributed by atoms with Crippen LogP contribution in [0.5, 0.6) is 5.75 Å². The molecule has 0 saturated carbocycles. The van der Waals surface area contributed by atoms with Gasteiger partial charge in [0.25, 0.3) is 0 Å². The van der Waals surface area contributed by atoms with Gasteiger partial charge in [-0.3, -0.25) is 9.69 Å². The van der Waals surface area contributed by atoms with Crippen molar-refractivity contribution in [1.29, 1.82) is 0 Å². The summed E-state index contributed by atoms with van der Waals surface area (Å²) in [6.07, 6.45) is 1.00. The molecule has 4 heteroatoms. The minimum atomic E-state index is -0.748. The summed E-state index contributed by atoms with van der Waals surface area (Å²) in [7, 11) is 1.66. The summed E-state index contributed by atoms with van der Waals surface area (Å²) in [4.78, 5) is 13.2. The summed E-state index contributed by atoms with van der Waals surface area (Å²) in [6, 6.07) is 7.96. The Hall–Kier alpha value is -1.55. The second-order valence-corrected chi connectivity index (χ2v) is 5.27. The van der Waals surface area contributed by atoms with Crippen molar-refractivity contribution in [3.63, 3.8) is 0 Å². The van der Waals surface area contributed by atoms with Gasteiger partial charge in [-0.1, -0.05) is 12.1 Å². The number of aliphatic carboxylic acids is 1. The van der Waals surface area contributed by atoms with Crippen molar-refractivity contribution in [1.82, 2.24) is 4.90 Å². The Kier molecular flexibility index (Phi) is 4.10. The number of carboxylic acids is 1. The highest BCUT2D eigenvalue weighted by molar-refractivity contribution is 5.73. The predicted molar refractivity (Wildman–Crippen MR) is 73.6 cm³/mol. The molecule has 104 valence electrons. The quantitative estimate of drug-likeness (QED) is 0.906. The van der Waals surface area contributed by atoms with Crippen molar-refractivity contribution in [2.75, 3.05) is 13.7 Å². The van der Waals surface area contributed by atoms with Gasteiger partial charge in [0.15, 0.2) is 0 Å². The molecule has 4 nitrogen and oxygen atoms in total. The van der Waals surface area contributed by atoms with Crippen LogP contribution < -0.4 is 4.74 Å². The average Bonchev–Trinajstić information content (AvgIpc) is 2.80. The predicted octanol–water partition coefficient (Wildman–Crippen LogP) is 2.35. The molecule has 1 saturated heterocycles. The molecule has 1 fully saturated rings. The molecule has 0 aromatic heterocycles. The topological polar surface area (TPSA) is 49.8 Å². The van der Waals surface area contributed by atoms with E-state index in [9.17, 15) is 4.79 Å². The Morgan fingerprint density at radius 1 is 1.42 bits per heavy atom. The molecule has 0 radical (unpaired) electrons. The van der Waals surface area contributed by atoms with Gasteiger partial charge >= 0.3 is 5.97 Å². The Labute approximate surface area is 114 Å². The number of likely N-dealkylation sites (tertiary alicyclic amines) is 1. The van der Waals surface area contributed by atoms with Crippen LogP contribution in [0.4, 0.5) is 0 Å². The minimum absolute atomic E-state index is 0.304. The van der Waals surface area contributed by atoms with Crippen LogP contribution in [-0.2, 0) is 4.79 Å². The van der Waals surface area contributed by atoms with Gasteiger partial charge in [0.05, 0.1) is 7.11 Å². The number of rotatable bonds is 4. The highest BCUT2D eigenvalue weighted by atomic mass is 16.5. The number of benzene rings is 1. The van der Waals surface area contributed by atoms with Crippen LogP contribution in [0.2, 0.25) is 0 Å². The van der Waals surface area contributed by atoms with E-state index in [0.29, 0.717) is 12.0 Å². The van der Waals surface area contributed by atoms with Crippen LogP contribution in [0.25, 0.3) is 0 Å². The Bertz CT molecular complexity index is 443. The number of carbonyl (C=O) groups is 1. The number of methoxy groups -OCH3 is 1. The van der Waals surface area contributed by atoms with Crippen LogP contribution >= 0.6 is 0 Å². The zero-order valence-electron chi connectivity index (χ0n) is 11.7. The van der Waals surface area contributed by atoms with Crippen LogP contribution in [0, 0.1) is 0 Å². The van der Waals surface area contributed by atoms with E-state index in [-0.39, 0.29) is 0 Å². The maximum absolute atomic E-state index is 11.1. The lowest BCUT2D eigenvalue weighted by molar-refractivity contribution is -0.142. The van der Waals surface area contributed by atoms with Gasteiger partial charge in [0.1, 0.15) is 11.8 Å². The molecule has 3 unspecified atom stereocenters. The summed E-state index contributed by atoms with van der Waals surface area (Å²) >= 11 is 0. The first-order valence-corrected chi connectivity index (χ1v) is 6.65. The van der Waals surface area contributed by atoms with Crippen LogP contribution in [0.3, 0.4) is 0 Å². The normalized spacial score (nSPS) is 25.2. The molecule has 1 aromatic rings. The first-order chi connectivity index (χ1) is 9.02. The van der Waals surface area contributed by atoms with Crippen LogP contribution in [0.15, 0.2) is 24.3 Å². The van der Waals surface area contributed by atoms with Gasteiger partial charge in [-0.05, 0) is 43.9 Å². The smallest absolute Gasteiger partial charge is 0.320 e. The molecule has 1 N–H and O–H groups in total. The molecule has 3 atom stereocenters. The summed E-state index contributed by atoms with van der Waals surface area (Å²) < 4.78 is 5.16. The summed E-state index contributed by atoms with van der Waals surface area (Å²) in [5.41, 5.74) is 1.26. The van der Waals surface area contributed by atoms with E-state index < -0.39 is 12.0 Å². The fraction of sp³-hybridized carbons (Fsp3) is 0.533. The van der Waals surface area contributed by atoms with Crippen molar-refractivity contribution >= 4 is 5.97 Å². The summed E-state index contributed by atoms with van der Waals surface area (Å²) in [6.45, 7) is 4.67. The fourth-order valence-electron chi connectivity index (χ4n) is 2.86. The molecule has 0 bridgehead atoms. The van der Waals surface area contributed by atoms with Gasteiger partial charge < -0.3 is 9.84 Å². The molecule has 2 rings (SSSR count). The van der Waals surface area contributed by atoms with E-state index in [2.05, 4.69) is 24.0 Å². The van der Waals surface area contributed by atoms with Gasteiger partial charge in [0, 0.05) is 12.6 Å². The second-order valence-electron chi connectivity index (χ2n) is 5.27. The zero-order chi connectivity index (χ0) is 14.0. The lowest BCUT2D eigenvalue weighted by Crippen LogP contribution is -2.41. The summed E-state index contributed by atoms with van der Waals surface area (Å²) in [5.74, 6) is 0.510. The molecule has 0 amide bonds. The lowest BCUT2D eigenvalue weighted by atomic mass is 9.97. The van der Waals surface area contributed by atoms with E-state index in [1.165, 1.54) is 5.56 Å². The number of nitrogens with zero attached hydrogens (tertiary/aromatic N) is 1. The molecule has 1 aliphatic rings. The highest BCUT2D eigenvalue weighted by Gasteiger charge is 2.35. The maximum atomic E-state index is 11.1. The third kappa shape index (κ3) is 2.89. The number of hydrogen-bond donors (Lipinski definition) is 1. The van der Waals surface area contributed by atoms with E-state index in [4.69, 9.17) is 9.84 Å². The third-order valence-electron chi connectivity index (χ3n) is 4.07. The SMILES string of the molecule is COc1ccc(C2CC(C)N(C(C)C(=O)O)C2)cc1. The minimum Gasteiger partial charge on any atom is -0.497 e. The standard InChI is InChI=1S/C15H21NO3/c1-10-8-13(9-16(10)11(2)15(17)18)12-4-6-14(19-3)7-5-12/h4-7,10-11,13H,8-9H2,1-3H3,(H,17,18). The average molecular weight is 263 g/mol. The van der Waals surface area contributed by atoms with Crippen molar-refractivity contribution in [3.8, 4) is 5.75 Å². The van der Waals surface area contributed by atoms with Crippen molar-refractivity contribution in [2.24, 2.45) is 0 Å². The van der Waals surface area contributed by atoms with Gasteiger partial charge in [-0.25, -0.2) is 0 Å². The first-order valence-electron chi connectivity index (χ1n) is 6.65. The largest absolute Gasteiger partial charge is 0.497 e. The molecule has 0 aliphatic carbocycles. The van der Waals surface area contributed by atoms with Gasteiger partial charge in [0.2, 0.25) is 0 Å². The molecular weight excluding hydrogens is 242 g/mol. The Morgan fingerprint density at radius 2 is 2.05 bits per heavy atom. The zero-order valence-corrected chi connectivity index (χ0v) is 11.7. The fourth-order valence-corrected chi connectivity index (χ4v) is 2.86. The van der Waals surface area contributed by atoms with Crippen LogP contribution in [0.1, 0.15) is 31.7 Å². The maximum Gasteiger partial charge on any atom is 0.320 e. The van der Waals surface area contributed by atoms with E-state index >= 15 is 0 Å². The van der Waals surface area contributed by atoms with Crippen molar-refractivity contribution in [3.05, 3.63) is 29.8 Å². The first kappa shape index (κ1) is 13.9. The molecule has 0 spiro atoms. The summed E-state index contributed by atoms with van der Waals surface area (Å²) in [5, 5.41) is 9.13. The number of hydrogen-bond acceptors (Lipinski definition) is 3. The Morgan fingerprint density at radius 3 is 2.58 bits per heavy atom. The van der Waals surface area contributed by atoms with Crippen LogP contribution in [-0.4, -0.2) is 41.7 Å². The van der Waals surface area contributed by atoms with Crippen molar-refractivity contribution in [2.45, 2.75) is 38.3 Å². The van der Waals surface area contributed by atoms with Gasteiger partial charge in [-0.15, -0.1) is 0 Å². The van der Waals surface area contributed by atoms with Crippen molar-refractivity contribution < 1.29 is 14.6 Å². The van der Waals surface area contributed by atoms with E-state index in [1.54, 1.807) is 14.0 Å². The molecule has 1 aliphatic heterocycles. The van der Waals surface area contributed by atoms with E-state index in [0.717, 1.165) is 18.7 Å².